The summed E-state index contributed by atoms with van der Waals surface area (Å²) < 4.78 is 1.66. The van der Waals surface area contributed by atoms with Crippen molar-refractivity contribution in [2.75, 3.05) is 6.54 Å². The van der Waals surface area contributed by atoms with Crippen LogP contribution in [0.5, 0.6) is 0 Å². The van der Waals surface area contributed by atoms with Gasteiger partial charge >= 0.3 is 0 Å². The maximum atomic E-state index is 12.7. The second-order valence-electron chi connectivity index (χ2n) is 6.06. The number of tetrazole rings is 1. The quantitative estimate of drug-likeness (QED) is 0.602. The van der Waals surface area contributed by atoms with E-state index in [9.17, 15) is 4.79 Å². The van der Waals surface area contributed by atoms with Crippen molar-refractivity contribution in [3.8, 4) is 5.69 Å². The van der Waals surface area contributed by atoms with Gasteiger partial charge in [-0.25, -0.2) is 0 Å². The van der Waals surface area contributed by atoms with E-state index in [1.54, 1.807) is 22.1 Å². The Bertz CT molecular complexity index is 897. The van der Waals surface area contributed by atoms with Crippen molar-refractivity contribution in [1.82, 2.24) is 25.1 Å². The van der Waals surface area contributed by atoms with Gasteiger partial charge in [0, 0.05) is 16.3 Å². The lowest BCUT2D eigenvalue weighted by Gasteiger charge is -2.20. The molecule has 0 aliphatic carbocycles. The summed E-state index contributed by atoms with van der Waals surface area (Å²) in [6, 6.07) is 11.9. The van der Waals surface area contributed by atoms with Gasteiger partial charge in [0.2, 0.25) is 5.91 Å². The first kappa shape index (κ1) is 18.0. The lowest BCUT2D eigenvalue weighted by Crippen LogP contribution is -2.31. The predicted octanol–water partition coefficient (Wildman–Crippen LogP) is 3.10. The number of rotatable bonds is 7. The first-order valence-electron chi connectivity index (χ1n) is 8.35. The third-order valence-electron chi connectivity index (χ3n) is 4.01. The molecule has 6 nitrogen and oxygen atoms in total. The Kier molecular flexibility index (Phi) is 5.58. The van der Waals surface area contributed by atoms with Crippen LogP contribution in [0.2, 0.25) is 0 Å². The minimum atomic E-state index is 0.0855. The summed E-state index contributed by atoms with van der Waals surface area (Å²) in [7, 11) is 0. The molecule has 0 saturated carbocycles. The molecule has 2 heterocycles. The molecule has 0 spiro atoms. The average molecular weight is 367 g/mol. The van der Waals surface area contributed by atoms with Crippen LogP contribution in [0.15, 0.2) is 49.1 Å². The molecule has 0 aliphatic heterocycles. The fourth-order valence-electron chi connectivity index (χ4n) is 2.68. The van der Waals surface area contributed by atoms with Crippen LogP contribution in [0, 0.1) is 13.8 Å². The standard InChI is InChI=1S/C19H21N5OS/c1-4-11-23(13-18-10-5-14(2)26-18)19(25)12-16-6-8-17(9-7-16)24-15(3)20-21-22-24/h4-10H,1,11-13H2,2-3H3. The maximum Gasteiger partial charge on any atom is 0.227 e. The van der Waals surface area contributed by atoms with Crippen molar-refractivity contribution in [2.24, 2.45) is 0 Å². The number of thiophene rings is 1. The Hall–Kier alpha value is -2.80. The van der Waals surface area contributed by atoms with Gasteiger partial charge in [0.05, 0.1) is 18.7 Å². The summed E-state index contributed by atoms with van der Waals surface area (Å²) >= 11 is 1.72. The van der Waals surface area contributed by atoms with Crippen LogP contribution in [0.1, 0.15) is 21.1 Å². The van der Waals surface area contributed by atoms with Gasteiger partial charge in [0.15, 0.2) is 5.82 Å². The Morgan fingerprint density at radius 2 is 2.00 bits per heavy atom. The average Bonchev–Trinajstić information content (AvgIpc) is 3.23. The Morgan fingerprint density at radius 1 is 1.23 bits per heavy atom. The van der Waals surface area contributed by atoms with E-state index in [0.29, 0.717) is 19.5 Å². The zero-order valence-electron chi connectivity index (χ0n) is 14.9. The smallest absolute Gasteiger partial charge is 0.227 e. The van der Waals surface area contributed by atoms with Gasteiger partial charge in [0.25, 0.3) is 0 Å². The van der Waals surface area contributed by atoms with E-state index in [1.807, 2.05) is 36.1 Å². The molecule has 0 saturated heterocycles. The van der Waals surface area contributed by atoms with Crippen LogP contribution in [0.3, 0.4) is 0 Å². The normalized spacial score (nSPS) is 10.7. The van der Waals surface area contributed by atoms with E-state index in [1.165, 1.54) is 9.75 Å². The first-order valence-corrected chi connectivity index (χ1v) is 9.16. The molecule has 3 rings (SSSR count). The Labute approximate surface area is 156 Å². The van der Waals surface area contributed by atoms with Crippen LogP contribution in [-0.2, 0) is 17.8 Å². The van der Waals surface area contributed by atoms with E-state index in [4.69, 9.17) is 0 Å². The number of aryl methyl sites for hydroxylation is 2. The van der Waals surface area contributed by atoms with Crippen LogP contribution in [-0.4, -0.2) is 37.6 Å². The molecular weight excluding hydrogens is 346 g/mol. The van der Waals surface area contributed by atoms with Gasteiger partial charge in [-0.3, -0.25) is 4.79 Å². The molecule has 0 N–H and O–H groups in total. The van der Waals surface area contributed by atoms with E-state index >= 15 is 0 Å². The highest BCUT2D eigenvalue weighted by molar-refractivity contribution is 7.11. The lowest BCUT2D eigenvalue weighted by molar-refractivity contribution is -0.130. The van der Waals surface area contributed by atoms with Crippen molar-refractivity contribution in [3.05, 3.63) is 70.2 Å². The van der Waals surface area contributed by atoms with Gasteiger partial charge < -0.3 is 4.90 Å². The summed E-state index contributed by atoms with van der Waals surface area (Å²) in [5.74, 6) is 0.805. The Morgan fingerprint density at radius 3 is 2.58 bits per heavy atom. The summed E-state index contributed by atoms with van der Waals surface area (Å²) in [5.41, 5.74) is 1.83. The summed E-state index contributed by atoms with van der Waals surface area (Å²) in [6.45, 7) is 8.84. The topological polar surface area (TPSA) is 63.9 Å². The lowest BCUT2D eigenvalue weighted by atomic mass is 10.1. The molecule has 2 aromatic heterocycles. The fourth-order valence-corrected chi connectivity index (χ4v) is 3.59. The first-order chi connectivity index (χ1) is 12.6. The van der Waals surface area contributed by atoms with Gasteiger partial charge in [-0.2, -0.15) is 4.68 Å². The number of hydrogen-bond donors (Lipinski definition) is 0. The van der Waals surface area contributed by atoms with Crippen LogP contribution in [0.25, 0.3) is 5.69 Å². The van der Waals surface area contributed by atoms with Crippen molar-refractivity contribution < 1.29 is 4.79 Å². The number of carbonyl (C=O) groups is 1. The number of carbonyl (C=O) groups excluding carboxylic acids is 1. The minimum absolute atomic E-state index is 0.0855. The molecule has 134 valence electrons. The minimum Gasteiger partial charge on any atom is -0.334 e. The fraction of sp³-hybridized carbons (Fsp3) is 0.263. The number of benzene rings is 1. The SMILES string of the molecule is C=CCN(Cc1ccc(C)s1)C(=O)Cc1ccc(-n2nnnc2C)cc1. The van der Waals surface area contributed by atoms with E-state index in [2.05, 4.69) is 41.2 Å². The van der Waals surface area contributed by atoms with Crippen LogP contribution in [0.4, 0.5) is 0 Å². The zero-order valence-corrected chi connectivity index (χ0v) is 15.7. The molecule has 0 radical (unpaired) electrons. The third-order valence-corrected chi connectivity index (χ3v) is 4.99. The molecule has 0 unspecified atom stereocenters. The largest absolute Gasteiger partial charge is 0.334 e. The van der Waals surface area contributed by atoms with Gasteiger partial charge in [0.1, 0.15) is 0 Å². The second kappa shape index (κ2) is 8.05. The molecule has 26 heavy (non-hydrogen) atoms. The second-order valence-corrected chi connectivity index (χ2v) is 7.43. The van der Waals surface area contributed by atoms with Crippen LogP contribution < -0.4 is 0 Å². The molecule has 3 aromatic rings. The highest BCUT2D eigenvalue weighted by Gasteiger charge is 2.14. The number of nitrogens with zero attached hydrogens (tertiary/aromatic N) is 5. The zero-order chi connectivity index (χ0) is 18.5. The van der Waals surface area contributed by atoms with Gasteiger partial charge in [-0.05, 0) is 54.1 Å². The van der Waals surface area contributed by atoms with Crippen molar-refractivity contribution in [3.63, 3.8) is 0 Å². The van der Waals surface area contributed by atoms with Crippen LogP contribution >= 0.6 is 11.3 Å². The summed E-state index contributed by atoms with van der Waals surface area (Å²) in [5, 5.41) is 11.5. The highest BCUT2D eigenvalue weighted by Crippen LogP contribution is 2.18. The maximum absolute atomic E-state index is 12.7. The Balaban J connectivity index is 1.68. The van der Waals surface area contributed by atoms with Crippen molar-refractivity contribution >= 4 is 17.2 Å². The van der Waals surface area contributed by atoms with Gasteiger partial charge in [-0.1, -0.05) is 18.2 Å². The predicted molar refractivity (Wildman–Crippen MR) is 102 cm³/mol. The third kappa shape index (κ3) is 4.23. The van der Waals surface area contributed by atoms with Crippen molar-refractivity contribution in [2.45, 2.75) is 26.8 Å². The number of hydrogen-bond acceptors (Lipinski definition) is 5. The monoisotopic (exact) mass is 367 g/mol. The van der Waals surface area contributed by atoms with E-state index in [0.717, 1.165) is 17.1 Å². The van der Waals surface area contributed by atoms with Crippen molar-refractivity contribution in [1.29, 1.82) is 0 Å². The molecule has 0 bridgehead atoms. The van der Waals surface area contributed by atoms with E-state index < -0.39 is 0 Å². The highest BCUT2D eigenvalue weighted by atomic mass is 32.1. The number of aromatic nitrogens is 4. The summed E-state index contributed by atoms with van der Waals surface area (Å²) in [4.78, 5) is 17.0. The molecule has 0 fully saturated rings. The molecular formula is C19H21N5OS. The summed E-state index contributed by atoms with van der Waals surface area (Å²) in [6.07, 6.45) is 2.12. The molecule has 0 atom stereocenters. The molecule has 0 aliphatic rings. The molecule has 1 amide bonds. The number of amides is 1. The molecule has 7 heteroatoms. The molecule has 1 aromatic carbocycles. The van der Waals surface area contributed by atoms with E-state index in [-0.39, 0.29) is 5.91 Å². The van der Waals surface area contributed by atoms with Gasteiger partial charge in [-0.15, -0.1) is 23.0 Å².